The minimum absolute atomic E-state index is 0.0664. The molecule has 2 aliphatic heterocycles. The lowest BCUT2D eigenvalue weighted by Gasteiger charge is -2.18. The highest BCUT2D eigenvalue weighted by molar-refractivity contribution is 5.76. The van der Waals surface area contributed by atoms with Crippen molar-refractivity contribution in [1.29, 1.82) is 0 Å². The molecule has 76 valence electrons. The highest BCUT2D eigenvalue weighted by atomic mass is 16.7. The largest absolute Gasteiger partial charge is 0.273 e. The zero-order valence-corrected chi connectivity index (χ0v) is 8.35. The van der Waals surface area contributed by atoms with Crippen molar-refractivity contribution in [3.05, 3.63) is 24.3 Å². The van der Waals surface area contributed by atoms with Gasteiger partial charge in [0.15, 0.2) is 0 Å². The summed E-state index contributed by atoms with van der Waals surface area (Å²) in [6.45, 7) is 1.96. The van der Waals surface area contributed by atoms with Crippen LogP contribution in [0.4, 0.5) is 0 Å². The summed E-state index contributed by atoms with van der Waals surface area (Å²) in [6.07, 6.45) is 10.5. The Balaban J connectivity index is 2.11. The van der Waals surface area contributed by atoms with Crippen LogP contribution in [0.1, 0.15) is 26.2 Å². The first-order valence-electron chi connectivity index (χ1n) is 5.09. The summed E-state index contributed by atoms with van der Waals surface area (Å²) in [5.41, 5.74) is 0. The van der Waals surface area contributed by atoms with Crippen molar-refractivity contribution in [2.45, 2.75) is 38.3 Å². The van der Waals surface area contributed by atoms with E-state index in [-0.39, 0.29) is 18.1 Å². The third-order valence-electron chi connectivity index (χ3n) is 2.56. The summed E-state index contributed by atoms with van der Waals surface area (Å²) in [5.74, 6) is 0.104. The number of nitrogens with zero attached hydrogens (tertiary/aromatic N) is 1. The van der Waals surface area contributed by atoms with E-state index in [0.717, 1.165) is 12.8 Å². The lowest BCUT2D eigenvalue weighted by Crippen LogP contribution is -2.32. The fourth-order valence-corrected chi connectivity index (χ4v) is 1.90. The molecule has 1 saturated heterocycles. The normalized spacial score (nSPS) is 32.4. The molecule has 2 heterocycles. The number of hydroxylamine groups is 2. The first kappa shape index (κ1) is 9.46. The molecule has 0 saturated carbocycles. The Morgan fingerprint density at radius 2 is 2.50 bits per heavy atom. The van der Waals surface area contributed by atoms with Crippen LogP contribution in [0.3, 0.4) is 0 Å². The van der Waals surface area contributed by atoms with Gasteiger partial charge in [-0.1, -0.05) is 24.3 Å². The lowest BCUT2D eigenvalue weighted by molar-refractivity contribution is -0.179. The van der Waals surface area contributed by atoms with Gasteiger partial charge in [0.1, 0.15) is 6.10 Å². The van der Waals surface area contributed by atoms with Gasteiger partial charge in [-0.15, -0.1) is 0 Å². The fraction of sp³-hybridized carbons (Fsp3) is 0.545. The quantitative estimate of drug-likeness (QED) is 0.594. The number of carbonyl (C=O) groups is 1. The van der Waals surface area contributed by atoms with Crippen molar-refractivity contribution in [3.63, 3.8) is 0 Å². The molecule has 0 aromatic carbocycles. The zero-order valence-electron chi connectivity index (χ0n) is 8.35. The number of hydrogen-bond acceptors (Lipinski definition) is 2. The molecular formula is C11H15NO2. The number of amides is 1. The molecule has 14 heavy (non-hydrogen) atoms. The molecular weight excluding hydrogens is 178 g/mol. The van der Waals surface area contributed by atoms with E-state index in [1.54, 1.807) is 0 Å². The van der Waals surface area contributed by atoms with Crippen LogP contribution in [0, 0.1) is 0 Å². The Morgan fingerprint density at radius 1 is 1.64 bits per heavy atom. The Kier molecular flexibility index (Phi) is 2.68. The topological polar surface area (TPSA) is 29.5 Å². The van der Waals surface area contributed by atoms with Crippen molar-refractivity contribution >= 4 is 5.91 Å². The predicted octanol–water partition coefficient (Wildman–Crippen LogP) is 1.81. The average molecular weight is 193 g/mol. The van der Waals surface area contributed by atoms with Gasteiger partial charge in [0, 0.05) is 12.8 Å². The maximum Gasteiger partial charge on any atom is 0.247 e. The SMILES string of the molecule is C/C=C/[C@@H]1C[C@@H]2C=CCCC(=O)N2O1. The van der Waals surface area contributed by atoms with Crippen LogP contribution in [0.15, 0.2) is 24.3 Å². The summed E-state index contributed by atoms with van der Waals surface area (Å²) >= 11 is 0. The summed E-state index contributed by atoms with van der Waals surface area (Å²) in [7, 11) is 0. The van der Waals surface area contributed by atoms with Gasteiger partial charge in [-0.25, -0.2) is 5.06 Å². The molecule has 0 aromatic rings. The highest BCUT2D eigenvalue weighted by Gasteiger charge is 2.34. The Bertz CT molecular complexity index is 283. The van der Waals surface area contributed by atoms with E-state index in [1.807, 2.05) is 19.1 Å². The van der Waals surface area contributed by atoms with Gasteiger partial charge in [-0.05, 0) is 13.3 Å². The number of rotatable bonds is 1. The number of allylic oxidation sites excluding steroid dienone is 2. The molecule has 2 atom stereocenters. The third kappa shape index (κ3) is 1.73. The maximum absolute atomic E-state index is 11.6. The van der Waals surface area contributed by atoms with Crippen LogP contribution in [0.2, 0.25) is 0 Å². The molecule has 2 rings (SSSR count). The van der Waals surface area contributed by atoms with Gasteiger partial charge in [-0.3, -0.25) is 9.63 Å². The first-order chi connectivity index (χ1) is 6.81. The highest BCUT2D eigenvalue weighted by Crippen LogP contribution is 2.26. The zero-order chi connectivity index (χ0) is 9.97. The smallest absolute Gasteiger partial charge is 0.247 e. The second kappa shape index (κ2) is 3.96. The van der Waals surface area contributed by atoms with Crippen LogP contribution in [0.25, 0.3) is 0 Å². The van der Waals surface area contributed by atoms with Crippen molar-refractivity contribution in [2.75, 3.05) is 0 Å². The van der Waals surface area contributed by atoms with E-state index < -0.39 is 0 Å². The minimum atomic E-state index is 0.0664. The van der Waals surface area contributed by atoms with Crippen LogP contribution < -0.4 is 0 Å². The lowest BCUT2D eigenvalue weighted by atomic mass is 10.1. The van der Waals surface area contributed by atoms with Gasteiger partial charge >= 0.3 is 0 Å². The monoisotopic (exact) mass is 193 g/mol. The Morgan fingerprint density at radius 3 is 3.29 bits per heavy atom. The van der Waals surface area contributed by atoms with E-state index >= 15 is 0 Å². The van der Waals surface area contributed by atoms with Gasteiger partial charge in [-0.2, -0.15) is 0 Å². The van der Waals surface area contributed by atoms with Gasteiger partial charge in [0.2, 0.25) is 5.91 Å². The van der Waals surface area contributed by atoms with E-state index in [1.165, 1.54) is 5.06 Å². The van der Waals surface area contributed by atoms with E-state index in [2.05, 4.69) is 12.2 Å². The molecule has 3 heteroatoms. The molecule has 2 aliphatic rings. The molecule has 0 bridgehead atoms. The average Bonchev–Trinajstić information content (AvgIpc) is 2.49. The van der Waals surface area contributed by atoms with E-state index in [4.69, 9.17) is 4.84 Å². The van der Waals surface area contributed by atoms with Crippen LogP contribution >= 0.6 is 0 Å². The fourth-order valence-electron chi connectivity index (χ4n) is 1.90. The standard InChI is InChI=1S/C11H15NO2/c1-2-5-10-8-9-6-3-4-7-11(13)12(9)14-10/h2-3,5-6,9-10H,4,7-8H2,1H3/b5-2+/t9-,10+/m0/s1. The number of hydrogen-bond donors (Lipinski definition) is 0. The first-order valence-corrected chi connectivity index (χ1v) is 5.09. The second-order valence-electron chi connectivity index (χ2n) is 3.66. The Labute approximate surface area is 84.0 Å². The van der Waals surface area contributed by atoms with Crippen LogP contribution in [0.5, 0.6) is 0 Å². The number of carbonyl (C=O) groups excluding carboxylic acids is 1. The summed E-state index contributed by atoms with van der Waals surface area (Å²) in [4.78, 5) is 17.1. The molecule has 0 N–H and O–H groups in total. The Hall–Kier alpha value is -1.09. The summed E-state index contributed by atoms with van der Waals surface area (Å²) in [6, 6.07) is 0.145. The minimum Gasteiger partial charge on any atom is -0.273 e. The van der Waals surface area contributed by atoms with Crippen LogP contribution in [-0.4, -0.2) is 23.1 Å². The van der Waals surface area contributed by atoms with Crippen molar-refractivity contribution in [2.24, 2.45) is 0 Å². The van der Waals surface area contributed by atoms with Gasteiger partial charge < -0.3 is 0 Å². The second-order valence-corrected chi connectivity index (χ2v) is 3.66. The van der Waals surface area contributed by atoms with Crippen molar-refractivity contribution in [3.8, 4) is 0 Å². The van der Waals surface area contributed by atoms with E-state index in [9.17, 15) is 4.79 Å². The van der Waals surface area contributed by atoms with Crippen molar-refractivity contribution in [1.82, 2.24) is 5.06 Å². The molecule has 0 radical (unpaired) electrons. The van der Waals surface area contributed by atoms with Gasteiger partial charge in [0.05, 0.1) is 6.04 Å². The van der Waals surface area contributed by atoms with Gasteiger partial charge in [0.25, 0.3) is 0 Å². The van der Waals surface area contributed by atoms with Crippen molar-refractivity contribution < 1.29 is 9.63 Å². The summed E-state index contributed by atoms with van der Waals surface area (Å²) < 4.78 is 0. The molecule has 3 nitrogen and oxygen atoms in total. The molecule has 0 aromatic heterocycles. The molecule has 0 spiro atoms. The number of fused-ring (bicyclic) bond motifs is 1. The third-order valence-corrected chi connectivity index (χ3v) is 2.56. The van der Waals surface area contributed by atoms with Crippen LogP contribution in [-0.2, 0) is 9.63 Å². The molecule has 1 fully saturated rings. The summed E-state index contributed by atoms with van der Waals surface area (Å²) in [5, 5.41) is 1.54. The van der Waals surface area contributed by atoms with E-state index in [0.29, 0.717) is 6.42 Å². The molecule has 1 amide bonds. The maximum atomic E-state index is 11.6. The predicted molar refractivity (Wildman–Crippen MR) is 53.3 cm³/mol. The molecule has 0 aliphatic carbocycles. The molecule has 0 unspecified atom stereocenters.